The first-order valence-corrected chi connectivity index (χ1v) is 7.43. The highest BCUT2D eigenvalue weighted by Gasteiger charge is 2.10. The van der Waals surface area contributed by atoms with Crippen molar-refractivity contribution in [2.24, 2.45) is 0 Å². The Bertz CT molecular complexity index is 653. The summed E-state index contributed by atoms with van der Waals surface area (Å²) in [6, 6.07) is 5.55. The SMILES string of the molecule is CCOc1ccc2nc(NC(=O)COC(=O)CC)sc2c1. The number of anilines is 1. The van der Waals surface area contributed by atoms with Gasteiger partial charge in [0.05, 0.1) is 16.8 Å². The first kappa shape index (κ1) is 15.2. The van der Waals surface area contributed by atoms with Crippen molar-refractivity contribution < 1.29 is 19.1 Å². The molecule has 1 N–H and O–H groups in total. The first-order valence-electron chi connectivity index (χ1n) is 6.61. The zero-order chi connectivity index (χ0) is 15.2. The number of hydrogen-bond acceptors (Lipinski definition) is 6. The topological polar surface area (TPSA) is 77.5 Å². The van der Waals surface area contributed by atoms with E-state index in [-0.39, 0.29) is 13.0 Å². The van der Waals surface area contributed by atoms with Crippen molar-refractivity contribution in [1.29, 1.82) is 0 Å². The van der Waals surface area contributed by atoms with E-state index in [0.29, 0.717) is 11.7 Å². The number of nitrogens with zero attached hydrogens (tertiary/aromatic N) is 1. The van der Waals surface area contributed by atoms with E-state index in [9.17, 15) is 9.59 Å². The van der Waals surface area contributed by atoms with Gasteiger partial charge in [0.1, 0.15) is 5.75 Å². The molecule has 0 spiro atoms. The van der Waals surface area contributed by atoms with Gasteiger partial charge in [-0.15, -0.1) is 0 Å². The third kappa shape index (κ3) is 4.16. The lowest BCUT2D eigenvalue weighted by Crippen LogP contribution is -2.20. The number of carbonyl (C=O) groups is 2. The van der Waals surface area contributed by atoms with Crippen LogP contribution < -0.4 is 10.1 Å². The minimum absolute atomic E-state index is 0.245. The standard InChI is InChI=1S/C14H16N2O4S/c1-3-13(18)20-8-12(17)16-14-15-10-6-5-9(19-4-2)7-11(10)21-14/h5-7H,3-4,8H2,1-2H3,(H,15,16,17). The Kier molecular flexibility index (Phi) is 5.10. The average Bonchev–Trinajstić information content (AvgIpc) is 2.86. The summed E-state index contributed by atoms with van der Waals surface area (Å²) < 4.78 is 11.1. The van der Waals surface area contributed by atoms with Gasteiger partial charge in [0.2, 0.25) is 0 Å². The highest BCUT2D eigenvalue weighted by molar-refractivity contribution is 7.22. The number of ether oxygens (including phenoxy) is 2. The molecule has 112 valence electrons. The van der Waals surface area contributed by atoms with Crippen molar-refractivity contribution in [2.75, 3.05) is 18.5 Å². The summed E-state index contributed by atoms with van der Waals surface area (Å²) in [5.74, 6) is -0.0416. The molecule has 0 unspecified atom stereocenters. The molecule has 0 radical (unpaired) electrons. The highest BCUT2D eigenvalue weighted by atomic mass is 32.1. The molecule has 0 aliphatic carbocycles. The molecule has 0 aliphatic rings. The lowest BCUT2D eigenvalue weighted by Gasteiger charge is -2.02. The molecule has 0 fully saturated rings. The smallest absolute Gasteiger partial charge is 0.306 e. The fourth-order valence-corrected chi connectivity index (χ4v) is 2.53. The summed E-state index contributed by atoms with van der Waals surface area (Å²) in [6.07, 6.45) is 0.245. The van der Waals surface area contributed by atoms with Crippen LogP contribution in [0, 0.1) is 0 Å². The van der Waals surface area contributed by atoms with E-state index >= 15 is 0 Å². The van der Waals surface area contributed by atoms with Crippen LogP contribution in [0.15, 0.2) is 18.2 Å². The second kappa shape index (κ2) is 7.03. The fourth-order valence-electron chi connectivity index (χ4n) is 1.62. The van der Waals surface area contributed by atoms with Crippen LogP contribution in [0.4, 0.5) is 5.13 Å². The number of hydrogen-bond donors (Lipinski definition) is 1. The van der Waals surface area contributed by atoms with E-state index in [1.807, 2.05) is 25.1 Å². The second-order valence-electron chi connectivity index (χ2n) is 4.14. The van der Waals surface area contributed by atoms with Crippen molar-refractivity contribution in [3.05, 3.63) is 18.2 Å². The first-order chi connectivity index (χ1) is 10.1. The Morgan fingerprint density at radius 2 is 2.14 bits per heavy atom. The number of thiazole rings is 1. The van der Waals surface area contributed by atoms with Gasteiger partial charge < -0.3 is 9.47 Å². The van der Waals surface area contributed by atoms with Crippen molar-refractivity contribution in [3.8, 4) is 5.75 Å². The highest BCUT2D eigenvalue weighted by Crippen LogP contribution is 2.29. The van der Waals surface area contributed by atoms with Gasteiger partial charge in [-0.1, -0.05) is 18.3 Å². The number of esters is 1. The molecule has 21 heavy (non-hydrogen) atoms. The number of amides is 1. The summed E-state index contributed by atoms with van der Waals surface area (Å²) in [4.78, 5) is 26.9. The third-order valence-electron chi connectivity index (χ3n) is 2.57. The molecule has 1 heterocycles. The zero-order valence-electron chi connectivity index (χ0n) is 11.8. The van der Waals surface area contributed by atoms with Crippen LogP contribution in [-0.2, 0) is 14.3 Å². The van der Waals surface area contributed by atoms with Crippen LogP contribution in [0.25, 0.3) is 10.2 Å². The van der Waals surface area contributed by atoms with Gasteiger partial charge in [0.15, 0.2) is 11.7 Å². The minimum atomic E-state index is -0.407. The van der Waals surface area contributed by atoms with Gasteiger partial charge in [0, 0.05) is 6.42 Å². The molecule has 1 amide bonds. The summed E-state index contributed by atoms with van der Waals surface area (Å²) in [7, 11) is 0. The predicted octanol–water partition coefficient (Wildman–Crippen LogP) is 2.59. The number of carbonyl (C=O) groups excluding carboxylic acids is 2. The van der Waals surface area contributed by atoms with Crippen molar-refractivity contribution in [1.82, 2.24) is 4.98 Å². The lowest BCUT2D eigenvalue weighted by atomic mass is 10.3. The van der Waals surface area contributed by atoms with Crippen molar-refractivity contribution >= 4 is 38.6 Å². The average molecular weight is 308 g/mol. The van der Waals surface area contributed by atoms with E-state index in [2.05, 4.69) is 10.3 Å². The maximum absolute atomic E-state index is 11.6. The molecule has 2 rings (SSSR count). The predicted molar refractivity (Wildman–Crippen MR) is 80.7 cm³/mol. The lowest BCUT2D eigenvalue weighted by molar-refractivity contribution is -0.146. The Morgan fingerprint density at radius 3 is 2.86 bits per heavy atom. The molecule has 1 aromatic heterocycles. The monoisotopic (exact) mass is 308 g/mol. The number of aromatic nitrogens is 1. The van der Waals surface area contributed by atoms with Crippen LogP contribution in [0.2, 0.25) is 0 Å². The third-order valence-corrected chi connectivity index (χ3v) is 3.50. The van der Waals surface area contributed by atoms with Gasteiger partial charge in [-0.2, -0.15) is 0 Å². The number of nitrogens with one attached hydrogen (secondary N) is 1. The number of benzene rings is 1. The van der Waals surface area contributed by atoms with Crippen molar-refractivity contribution in [2.45, 2.75) is 20.3 Å². The maximum atomic E-state index is 11.6. The van der Waals surface area contributed by atoms with Gasteiger partial charge >= 0.3 is 5.97 Å². The van der Waals surface area contributed by atoms with E-state index in [1.54, 1.807) is 6.92 Å². The fraction of sp³-hybridized carbons (Fsp3) is 0.357. The Balaban J connectivity index is 2.02. The molecule has 0 saturated heterocycles. The van der Waals surface area contributed by atoms with Crippen molar-refractivity contribution in [3.63, 3.8) is 0 Å². The van der Waals surface area contributed by atoms with Gasteiger partial charge in [-0.05, 0) is 25.1 Å². The van der Waals surface area contributed by atoms with E-state index < -0.39 is 11.9 Å². The van der Waals surface area contributed by atoms with Crippen LogP contribution in [0.3, 0.4) is 0 Å². The number of rotatable bonds is 6. The van der Waals surface area contributed by atoms with Crippen LogP contribution >= 0.6 is 11.3 Å². The molecular formula is C14H16N2O4S. The molecule has 0 atom stereocenters. The van der Waals surface area contributed by atoms with E-state index in [4.69, 9.17) is 9.47 Å². The maximum Gasteiger partial charge on any atom is 0.306 e. The molecule has 0 bridgehead atoms. The Hall–Kier alpha value is -2.15. The van der Waals surface area contributed by atoms with Gasteiger partial charge in [-0.3, -0.25) is 14.9 Å². The normalized spacial score (nSPS) is 10.4. The molecular weight excluding hydrogens is 292 g/mol. The van der Waals surface area contributed by atoms with Crippen LogP contribution in [0.1, 0.15) is 20.3 Å². The summed E-state index contributed by atoms with van der Waals surface area (Å²) in [5, 5.41) is 3.08. The molecule has 1 aromatic carbocycles. The molecule has 0 aliphatic heterocycles. The van der Waals surface area contributed by atoms with E-state index in [0.717, 1.165) is 16.0 Å². The summed E-state index contributed by atoms with van der Waals surface area (Å²) in [5.41, 5.74) is 0.782. The molecule has 6 nitrogen and oxygen atoms in total. The zero-order valence-corrected chi connectivity index (χ0v) is 12.7. The molecule has 2 aromatic rings. The quantitative estimate of drug-likeness (QED) is 0.830. The second-order valence-corrected chi connectivity index (χ2v) is 5.17. The van der Waals surface area contributed by atoms with Crippen LogP contribution in [0.5, 0.6) is 5.75 Å². The largest absolute Gasteiger partial charge is 0.494 e. The van der Waals surface area contributed by atoms with E-state index in [1.165, 1.54) is 11.3 Å². The van der Waals surface area contributed by atoms with Gasteiger partial charge in [0.25, 0.3) is 5.91 Å². The molecule has 0 saturated carbocycles. The molecule has 7 heteroatoms. The van der Waals surface area contributed by atoms with Gasteiger partial charge in [-0.25, -0.2) is 4.98 Å². The van der Waals surface area contributed by atoms with Crippen LogP contribution in [-0.4, -0.2) is 30.1 Å². The number of fused-ring (bicyclic) bond motifs is 1. The summed E-state index contributed by atoms with van der Waals surface area (Å²) >= 11 is 1.34. The Morgan fingerprint density at radius 1 is 1.33 bits per heavy atom. The summed E-state index contributed by atoms with van der Waals surface area (Å²) in [6.45, 7) is 3.88. The Labute approximate surface area is 126 Å². The minimum Gasteiger partial charge on any atom is -0.494 e.